The highest BCUT2D eigenvalue weighted by molar-refractivity contribution is 7.89. The molecule has 0 radical (unpaired) electrons. The van der Waals surface area contributed by atoms with Crippen molar-refractivity contribution >= 4 is 10.0 Å². The van der Waals surface area contributed by atoms with Gasteiger partial charge in [-0.1, -0.05) is 48.5 Å². The minimum Gasteiger partial charge on any atom is -0.493 e. The Kier molecular flexibility index (Phi) is 6.48. The summed E-state index contributed by atoms with van der Waals surface area (Å²) < 4.78 is 40.3. The van der Waals surface area contributed by atoms with Crippen LogP contribution in [0.1, 0.15) is 5.56 Å². The molecule has 4 rings (SSSR count). The Morgan fingerprint density at radius 1 is 0.879 bits per heavy atom. The summed E-state index contributed by atoms with van der Waals surface area (Å²) in [6, 6.07) is 24.0. The van der Waals surface area contributed by atoms with Crippen molar-refractivity contribution in [1.82, 2.24) is 14.1 Å². The number of benzene rings is 3. The number of para-hydroxylation sites is 1. The molecule has 4 aromatic rings. The molecule has 0 aliphatic carbocycles. The van der Waals surface area contributed by atoms with E-state index in [4.69, 9.17) is 14.6 Å². The second-order valence-corrected chi connectivity index (χ2v) is 9.47. The highest BCUT2D eigenvalue weighted by atomic mass is 32.2. The summed E-state index contributed by atoms with van der Waals surface area (Å²) in [4.78, 5) is 0.124. The van der Waals surface area contributed by atoms with E-state index in [9.17, 15) is 8.42 Å². The van der Waals surface area contributed by atoms with Crippen LogP contribution in [0.5, 0.6) is 11.5 Å². The summed E-state index contributed by atoms with van der Waals surface area (Å²) in [6.45, 7) is 0.147. The number of sulfonamides is 1. The first-order valence-electron chi connectivity index (χ1n) is 10.3. The summed E-state index contributed by atoms with van der Waals surface area (Å²) in [5.41, 5.74) is 3.33. The van der Waals surface area contributed by atoms with Crippen molar-refractivity contribution < 1.29 is 17.9 Å². The van der Waals surface area contributed by atoms with Gasteiger partial charge in [0.15, 0.2) is 11.5 Å². The van der Waals surface area contributed by atoms with Crippen LogP contribution in [0.3, 0.4) is 0 Å². The first-order valence-corrected chi connectivity index (χ1v) is 11.8. The lowest BCUT2D eigenvalue weighted by atomic mass is 10.1. The summed E-state index contributed by atoms with van der Waals surface area (Å²) >= 11 is 0. The van der Waals surface area contributed by atoms with E-state index < -0.39 is 10.0 Å². The first kappa shape index (κ1) is 22.6. The number of hydrogen-bond donors (Lipinski definition) is 0. The molecule has 33 heavy (non-hydrogen) atoms. The summed E-state index contributed by atoms with van der Waals surface area (Å²) in [5, 5.41) is 4.77. The topological polar surface area (TPSA) is 73.7 Å². The van der Waals surface area contributed by atoms with Crippen LogP contribution < -0.4 is 9.47 Å². The third-order valence-electron chi connectivity index (χ3n) is 5.31. The number of aromatic nitrogens is 2. The predicted octanol–water partition coefficient (Wildman–Crippen LogP) is 4.38. The van der Waals surface area contributed by atoms with Gasteiger partial charge in [-0.2, -0.15) is 9.40 Å². The average molecular weight is 464 g/mol. The standard InChI is InChI=1S/C25H25N3O4S/c1-27(33(29,30)22-14-15-23(31-2)24(16-22)32-3)17-20-18-28(21-12-8-5-9-13-21)26-25(20)19-10-6-4-7-11-19/h4-16,18H,17H2,1-3H3. The maximum absolute atomic E-state index is 13.3. The fourth-order valence-electron chi connectivity index (χ4n) is 3.56. The van der Waals surface area contributed by atoms with Gasteiger partial charge in [0.2, 0.25) is 10.0 Å². The number of ether oxygens (including phenoxy) is 2. The molecule has 1 heterocycles. The molecule has 0 bridgehead atoms. The number of nitrogens with zero attached hydrogens (tertiary/aromatic N) is 3. The molecule has 0 N–H and O–H groups in total. The van der Waals surface area contributed by atoms with Crippen molar-refractivity contribution in [3.63, 3.8) is 0 Å². The van der Waals surface area contributed by atoms with Crippen molar-refractivity contribution in [2.24, 2.45) is 0 Å². The molecule has 8 heteroatoms. The molecule has 0 spiro atoms. The van der Waals surface area contributed by atoms with Crippen LogP contribution in [0, 0.1) is 0 Å². The van der Waals surface area contributed by atoms with E-state index in [2.05, 4.69) is 0 Å². The molecule has 1 aromatic heterocycles. The molecule has 0 saturated heterocycles. The predicted molar refractivity (Wildman–Crippen MR) is 127 cm³/mol. The van der Waals surface area contributed by atoms with Gasteiger partial charge in [0, 0.05) is 37.0 Å². The number of hydrogen-bond acceptors (Lipinski definition) is 5. The van der Waals surface area contributed by atoms with Crippen LogP contribution in [0.4, 0.5) is 0 Å². The molecule has 0 fully saturated rings. The van der Waals surface area contributed by atoms with E-state index in [0.29, 0.717) is 11.5 Å². The van der Waals surface area contributed by atoms with Crippen molar-refractivity contribution in [2.45, 2.75) is 11.4 Å². The Balaban J connectivity index is 1.71. The lowest BCUT2D eigenvalue weighted by Crippen LogP contribution is -2.26. The number of methoxy groups -OCH3 is 2. The minimum absolute atomic E-state index is 0.124. The van der Waals surface area contributed by atoms with Gasteiger partial charge in [0.05, 0.1) is 30.5 Å². The summed E-state index contributed by atoms with van der Waals surface area (Å²) in [5.74, 6) is 0.823. The van der Waals surface area contributed by atoms with E-state index in [1.807, 2.05) is 66.9 Å². The second kappa shape index (κ2) is 9.48. The highest BCUT2D eigenvalue weighted by Gasteiger charge is 2.25. The van der Waals surface area contributed by atoms with Crippen LogP contribution >= 0.6 is 0 Å². The van der Waals surface area contributed by atoms with Crippen LogP contribution in [0.25, 0.3) is 16.9 Å². The molecule has 0 aliphatic heterocycles. The molecule has 0 unspecified atom stereocenters. The molecule has 0 aliphatic rings. The SMILES string of the molecule is COc1ccc(S(=O)(=O)N(C)Cc2cn(-c3ccccc3)nc2-c2ccccc2)cc1OC. The largest absolute Gasteiger partial charge is 0.493 e. The first-order chi connectivity index (χ1) is 15.9. The molecular formula is C25H25N3O4S. The van der Waals surface area contributed by atoms with E-state index in [-0.39, 0.29) is 11.4 Å². The van der Waals surface area contributed by atoms with E-state index in [1.165, 1.54) is 30.7 Å². The summed E-state index contributed by atoms with van der Waals surface area (Å²) in [7, 11) is 0.750. The Hall–Kier alpha value is -3.62. The van der Waals surface area contributed by atoms with Crippen molar-refractivity contribution in [3.8, 4) is 28.4 Å². The van der Waals surface area contributed by atoms with Crippen LogP contribution in [-0.2, 0) is 16.6 Å². The lowest BCUT2D eigenvalue weighted by molar-refractivity contribution is 0.353. The van der Waals surface area contributed by atoms with Gasteiger partial charge in [-0.15, -0.1) is 0 Å². The number of rotatable bonds is 8. The van der Waals surface area contributed by atoms with Crippen molar-refractivity contribution in [3.05, 3.63) is 90.6 Å². The zero-order chi connectivity index (χ0) is 23.4. The normalized spacial score (nSPS) is 11.5. The second-order valence-electron chi connectivity index (χ2n) is 7.43. The van der Waals surface area contributed by atoms with Gasteiger partial charge in [-0.25, -0.2) is 13.1 Å². The minimum atomic E-state index is -3.79. The maximum atomic E-state index is 13.3. The van der Waals surface area contributed by atoms with Gasteiger partial charge < -0.3 is 9.47 Å². The zero-order valence-electron chi connectivity index (χ0n) is 18.7. The van der Waals surface area contributed by atoms with Gasteiger partial charge in [-0.3, -0.25) is 0 Å². The van der Waals surface area contributed by atoms with Crippen molar-refractivity contribution in [1.29, 1.82) is 0 Å². The fourth-order valence-corrected chi connectivity index (χ4v) is 4.72. The Morgan fingerprint density at radius 3 is 2.15 bits per heavy atom. The molecule has 0 saturated carbocycles. The molecule has 0 atom stereocenters. The van der Waals surface area contributed by atoms with Gasteiger partial charge in [-0.05, 0) is 24.3 Å². The Bertz CT molecular complexity index is 1340. The molecule has 3 aromatic carbocycles. The molecule has 0 amide bonds. The van der Waals surface area contributed by atoms with Crippen LogP contribution in [0.2, 0.25) is 0 Å². The Labute approximate surface area is 193 Å². The smallest absolute Gasteiger partial charge is 0.243 e. The van der Waals surface area contributed by atoms with Gasteiger partial charge in [0.1, 0.15) is 0 Å². The van der Waals surface area contributed by atoms with E-state index in [0.717, 1.165) is 22.5 Å². The third-order valence-corrected chi connectivity index (χ3v) is 7.11. The van der Waals surface area contributed by atoms with Crippen molar-refractivity contribution in [2.75, 3.05) is 21.3 Å². The van der Waals surface area contributed by atoms with Crippen LogP contribution in [-0.4, -0.2) is 43.8 Å². The van der Waals surface area contributed by atoms with Crippen LogP contribution in [0.15, 0.2) is 90.0 Å². The lowest BCUT2D eigenvalue weighted by Gasteiger charge is -2.18. The van der Waals surface area contributed by atoms with E-state index >= 15 is 0 Å². The average Bonchev–Trinajstić information content (AvgIpc) is 3.28. The highest BCUT2D eigenvalue weighted by Crippen LogP contribution is 2.31. The molecule has 170 valence electrons. The van der Waals surface area contributed by atoms with Gasteiger partial charge >= 0.3 is 0 Å². The monoisotopic (exact) mass is 463 g/mol. The molecule has 7 nitrogen and oxygen atoms in total. The van der Waals surface area contributed by atoms with Gasteiger partial charge in [0.25, 0.3) is 0 Å². The zero-order valence-corrected chi connectivity index (χ0v) is 19.5. The Morgan fingerprint density at radius 2 is 1.52 bits per heavy atom. The maximum Gasteiger partial charge on any atom is 0.243 e. The third kappa shape index (κ3) is 4.62. The molecular weight excluding hydrogens is 438 g/mol. The van der Waals surface area contributed by atoms with E-state index in [1.54, 1.807) is 17.8 Å². The quantitative estimate of drug-likeness (QED) is 0.388. The fraction of sp³-hybridized carbons (Fsp3) is 0.160. The summed E-state index contributed by atoms with van der Waals surface area (Å²) in [6.07, 6.45) is 1.87.